The second-order valence-corrected chi connectivity index (χ2v) is 3.93. The number of unbranched alkanes of at least 4 members (excludes halogenated alkanes) is 1. The van der Waals surface area contributed by atoms with Crippen LogP contribution in [0.25, 0.3) is 0 Å². The molecule has 0 aliphatic carbocycles. The SMILES string of the molecule is CCCCOC(=O)Cc1cc(OC)cnc1Cl. The zero-order valence-electron chi connectivity index (χ0n) is 10.0. The lowest BCUT2D eigenvalue weighted by Crippen LogP contribution is -2.09. The van der Waals surface area contributed by atoms with Gasteiger partial charge in [0.2, 0.25) is 0 Å². The highest BCUT2D eigenvalue weighted by Crippen LogP contribution is 2.19. The van der Waals surface area contributed by atoms with Crippen LogP contribution in [-0.4, -0.2) is 24.7 Å². The topological polar surface area (TPSA) is 48.4 Å². The summed E-state index contributed by atoms with van der Waals surface area (Å²) in [4.78, 5) is 15.4. The number of hydrogen-bond acceptors (Lipinski definition) is 4. The van der Waals surface area contributed by atoms with E-state index in [1.165, 1.54) is 13.3 Å². The third-order valence-electron chi connectivity index (χ3n) is 2.22. The molecule has 0 aliphatic rings. The molecule has 4 nitrogen and oxygen atoms in total. The van der Waals surface area contributed by atoms with Crippen LogP contribution in [0.4, 0.5) is 0 Å². The fourth-order valence-electron chi connectivity index (χ4n) is 1.24. The summed E-state index contributed by atoms with van der Waals surface area (Å²) in [5.74, 6) is 0.279. The van der Waals surface area contributed by atoms with Crippen LogP contribution in [0.5, 0.6) is 5.75 Å². The van der Waals surface area contributed by atoms with Crippen LogP contribution in [0.15, 0.2) is 12.3 Å². The molecule has 94 valence electrons. The molecule has 17 heavy (non-hydrogen) atoms. The smallest absolute Gasteiger partial charge is 0.310 e. The number of halogens is 1. The average molecular weight is 258 g/mol. The second-order valence-electron chi connectivity index (χ2n) is 3.58. The Bertz CT molecular complexity index is 382. The number of esters is 1. The van der Waals surface area contributed by atoms with Crippen molar-refractivity contribution in [3.05, 3.63) is 23.0 Å². The Morgan fingerprint density at radius 3 is 2.94 bits per heavy atom. The first-order chi connectivity index (χ1) is 8.17. The van der Waals surface area contributed by atoms with E-state index in [1.807, 2.05) is 6.92 Å². The summed E-state index contributed by atoms with van der Waals surface area (Å²) >= 11 is 5.88. The van der Waals surface area contributed by atoms with Crippen LogP contribution in [0.2, 0.25) is 5.15 Å². The van der Waals surface area contributed by atoms with Crippen molar-refractivity contribution < 1.29 is 14.3 Å². The first-order valence-electron chi connectivity index (χ1n) is 5.51. The Labute approximate surface area is 106 Å². The van der Waals surface area contributed by atoms with Crippen molar-refractivity contribution in [2.75, 3.05) is 13.7 Å². The molecule has 1 aromatic heterocycles. The number of ether oxygens (including phenoxy) is 2. The minimum Gasteiger partial charge on any atom is -0.495 e. The Balaban J connectivity index is 2.57. The van der Waals surface area contributed by atoms with E-state index in [-0.39, 0.29) is 12.4 Å². The fraction of sp³-hybridized carbons (Fsp3) is 0.500. The van der Waals surface area contributed by atoms with E-state index in [4.69, 9.17) is 21.1 Å². The molecule has 5 heteroatoms. The molecule has 1 aromatic rings. The monoisotopic (exact) mass is 257 g/mol. The Hall–Kier alpha value is -1.29. The van der Waals surface area contributed by atoms with Crippen LogP contribution in [-0.2, 0) is 16.0 Å². The summed E-state index contributed by atoms with van der Waals surface area (Å²) in [5, 5.41) is 0.304. The number of methoxy groups -OCH3 is 1. The molecule has 0 bridgehead atoms. The molecule has 0 radical (unpaired) electrons. The maximum absolute atomic E-state index is 11.5. The highest BCUT2D eigenvalue weighted by Gasteiger charge is 2.10. The van der Waals surface area contributed by atoms with Gasteiger partial charge in [-0.2, -0.15) is 0 Å². The van der Waals surface area contributed by atoms with Crippen molar-refractivity contribution >= 4 is 17.6 Å². The van der Waals surface area contributed by atoms with Crippen molar-refractivity contribution in [1.29, 1.82) is 0 Å². The van der Waals surface area contributed by atoms with Crippen molar-refractivity contribution in [2.24, 2.45) is 0 Å². The quantitative estimate of drug-likeness (QED) is 0.447. The molecule has 0 amide bonds. The van der Waals surface area contributed by atoms with Gasteiger partial charge in [0.25, 0.3) is 0 Å². The van der Waals surface area contributed by atoms with Gasteiger partial charge in [0.1, 0.15) is 10.9 Å². The van der Waals surface area contributed by atoms with Crippen molar-refractivity contribution in [3.63, 3.8) is 0 Å². The van der Waals surface area contributed by atoms with Crippen molar-refractivity contribution in [1.82, 2.24) is 4.98 Å². The van der Waals surface area contributed by atoms with Crippen molar-refractivity contribution in [3.8, 4) is 5.75 Å². The van der Waals surface area contributed by atoms with Gasteiger partial charge in [-0.3, -0.25) is 4.79 Å². The highest BCUT2D eigenvalue weighted by molar-refractivity contribution is 6.30. The maximum atomic E-state index is 11.5. The van der Waals surface area contributed by atoms with Gasteiger partial charge in [-0.15, -0.1) is 0 Å². The van der Waals surface area contributed by atoms with Gasteiger partial charge in [-0.1, -0.05) is 24.9 Å². The fourth-order valence-corrected chi connectivity index (χ4v) is 1.41. The number of pyridine rings is 1. The summed E-state index contributed by atoms with van der Waals surface area (Å²) < 4.78 is 10.1. The number of nitrogens with zero attached hydrogens (tertiary/aromatic N) is 1. The molecule has 0 fully saturated rings. The zero-order valence-corrected chi connectivity index (χ0v) is 10.8. The summed E-state index contributed by atoms with van der Waals surface area (Å²) in [6, 6.07) is 1.69. The molecule has 1 heterocycles. The molecule has 0 saturated heterocycles. The third-order valence-corrected chi connectivity index (χ3v) is 2.56. The number of rotatable bonds is 6. The lowest BCUT2D eigenvalue weighted by atomic mass is 10.2. The first kappa shape index (κ1) is 13.8. The molecular weight excluding hydrogens is 242 g/mol. The molecular formula is C12H16ClNO3. The largest absolute Gasteiger partial charge is 0.495 e. The van der Waals surface area contributed by atoms with Gasteiger partial charge in [-0.25, -0.2) is 4.98 Å². The van der Waals surface area contributed by atoms with Gasteiger partial charge >= 0.3 is 5.97 Å². The normalized spacial score (nSPS) is 10.1. The van der Waals surface area contributed by atoms with Gasteiger partial charge < -0.3 is 9.47 Å². The third kappa shape index (κ3) is 4.61. The predicted molar refractivity (Wildman–Crippen MR) is 65.4 cm³/mol. The zero-order chi connectivity index (χ0) is 12.7. The Morgan fingerprint density at radius 1 is 1.53 bits per heavy atom. The van der Waals surface area contributed by atoms with E-state index in [1.54, 1.807) is 6.07 Å². The minimum absolute atomic E-state index is 0.118. The summed E-state index contributed by atoms with van der Waals surface area (Å²) in [7, 11) is 1.54. The Kier molecular flexibility index (Phi) is 5.77. The van der Waals surface area contributed by atoms with Crippen LogP contribution < -0.4 is 4.74 Å². The molecule has 0 aliphatic heterocycles. The van der Waals surface area contributed by atoms with E-state index >= 15 is 0 Å². The van der Waals surface area contributed by atoms with Gasteiger partial charge in [0.15, 0.2) is 0 Å². The molecule has 0 N–H and O–H groups in total. The average Bonchev–Trinajstić information content (AvgIpc) is 2.32. The molecule has 0 aromatic carbocycles. The van der Waals surface area contributed by atoms with E-state index in [0.29, 0.717) is 23.1 Å². The highest BCUT2D eigenvalue weighted by atomic mass is 35.5. The van der Waals surface area contributed by atoms with E-state index in [2.05, 4.69) is 4.98 Å². The Morgan fingerprint density at radius 2 is 2.29 bits per heavy atom. The number of carbonyl (C=O) groups excluding carboxylic acids is 1. The number of hydrogen-bond donors (Lipinski definition) is 0. The minimum atomic E-state index is -0.296. The summed E-state index contributed by atoms with van der Waals surface area (Å²) in [6.07, 6.45) is 3.49. The van der Waals surface area contributed by atoms with Crippen LogP contribution in [0.1, 0.15) is 25.3 Å². The van der Waals surface area contributed by atoms with Gasteiger partial charge in [-0.05, 0) is 12.5 Å². The molecule has 1 rings (SSSR count). The van der Waals surface area contributed by atoms with Crippen molar-refractivity contribution in [2.45, 2.75) is 26.2 Å². The van der Waals surface area contributed by atoms with E-state index in [0.717, 1.165) is 12.8 Å². The lowest BCUT2D eigenvalue weighted by molar-refractivity contribution is -0.142. The number of aromatic nitrogens is 1. The van der Waals surface area contributed by atoms with E-state index < -0.39 is 0 Å². The molecule has 0 saturated carbocycles. The van der Waals surface area contributed by atoms with E-state index in [9.17, 15) is 4.79 Å². The molecule has 0 atom stereocenters. The van der Waals surface area contributed by atoms with Crippen LogP contribution in [0.3, 0.4) is 0 Å². The molecule has 0 spiro atoms. The maximum Gasteiger partial charge on any atom is 0.310 e. The first-order valence-corrected chi connectivity index (χ1v) is 5.89. The number of carbonyl (C=O) groups is 1. The second kappa shape index (κ2) is 7.12. The van der Waals surface area contributed by atoms with Crippen LogP contribution >= 0.6 is 11.6 Å². The van der Waals surface area contributed by atoms with Gasteiger partial charge in [0, 0.05) is 5.56 Å². The predicted octanol–water partition coefficient (Wildman–Crippen LogP) is 2.63. The summed E-state index contributed by atoms with van der Waals surface area (Å²) in [6.45, 7) is 2.49. The van der Waals surface area contributed by atoms with Gasteiger partial charge in [0.05, 0.1) is 26.3 Å². The molecule has 0 unspecified atom stereocenters. The lowest BCUT2D eigenvalue weighted by Gasteiger charge is -2.06. The van der Waals surface area contributed by atoms with Crippen LogP contribution in [0, 0.1) is 0 Å². The summed E-state index contributed by atoms with van der Waals surface area (Å²) in [5.41, 5.74) is 0.618. The standard InChI is InChI=1S/C12H16ClNO3/c1-3-4-5-17-11(15)7-9-6-10(16-2)8-14-12(9)13/h6,8H,3-5,7H2,1-2H3.